The van der Waals surface area contributed by atoms with Gasteiger partial charge in [-0.3, -0.25) is 9.36 Å². The van der Waals surface area contributed by atoms with E-state index in [0.29, 0.717) is 32.7 Å². The van der Waals surface area contributed by atoms with E-state index < -0.39 is 0 Å². The van der Waals surface area contributed by atoms with Crippen molar-refractivity contribution >= 4 is 16.9 Å². The summed E-state index contributed by atoms with van der Waals surface area (Å²) in [5, 5.41) is 2.89. The molecule has 28 heavy (non-hydrogen) atoms. The number of hydrogen-bond donors (Lipinski definition) is 2. The van der Waals surface area contributed by atoms with Crippen LogP contribution in [0.1, 0.15) is 18.4 Å². The second-order valence-electron chi connectivity index (χ2n) is 6.78. The molecule has 0 unspecified atom stereocenters. The van der Waals surface area contributed by atoms with E-state index in [9.17, 15) is 9.59 Å². The first-order valence-corrected chi connectivity index (χ1v) is 9.53. The predicted octanol–water partition coefficient (Wildman–Crippen LogP) is 2.24. The number of aryl methyl sites for hydroxylation is 1. The van der Waals surface area contributed by atoms with Gasteiger partial charge in [0.25, 0.3) is 0 Å². The number of benzene rings is 2. The fourth-order valence-corrected chi connectivity index (χ4v) is 3.42. The van der Waals surface area contributed by atoms with Crippen LogP contribution in [0.2, 0.25) is 0 Å². The Morgan fingerprint density at radius 3 is 2.82 bits per heavy atom. The van der Waals surface area contributed by atoms with Gasteiger partial charge in [-0.05, 0) is 42.7 Å². The number of carbonyl (C=O) groups is 1. The van der Waals surface area contributed by atoms with Crippen molar-refractivity contribution in [2.24, 2.45) is 0 Å². The smallest absolute Gasteiger partial charge is 0.326 e. The van der Waals surface area contributed by atoms with E-state index in [4.69, 9.17) is 9.47 Å². The summed E-state index contributed by atoms with van der Waals surface area (Å²) in [7, 11) is 0. The molecule has 2 aromatic carbocycles. The topological polar surface area (TPSA) is 85.3 Å². The van der Waals surface area contributed by atoms with E-state index in [2.05, 4.69) is 10.3 Å². The number of H-pyrrole nitrogens is 1. The molecule has 4 rings (SSSR count). The number of aromatic nitrogens is 2. The molecule has 0 spiro atoms. The second-order valence-corrected chi connectivity index (χ2v) is 6.78. The van der Waals surface area contributed by atoms with Crippen LogP contribution in [0.5, 0.6) is 11.5 Å². The van der Waals surface area contributed by atoms with E-state index in [1.807, 2.05) is 42.5 Å². The number of ether oxygens (including phenoxy) is 2. The number of fused-ring (bicyclic) bond motifs is 2. The van der Waals surface area contributed by atoms with Crippen molar-refractivity contribution in [3.8, 4) is 11.5 Å². The first-order chi connectivity index (χ1) is 13.7. The van der Waals surface area contributed by atoms with Gasteiger partial charge in [0, 0.05) is 19.5 Å². The molecule has 1 amide bonds. The Hall–Kier alpha value is -3.22. The molecular weight excluding hydrogens is 358 g/mol. The van der Waals surface area contributed by atoms with Gasteiger partial charge >= 0.3 is 5.69 Å². The van der Waals surface area contributed by atoms with Gasteiger partial charge in [0.2, 0.25) is 5.91 Å². The number of amides is 1. The molecule has 0 radical (unpaired) electrons. The number of aromatic amines is 1. The highest BCUT2D eigenvalue weighted by Gasteiger charge is 2.12. The minimum Gasteiger partial charge on any atom is -0.486 e. The zero-order chi connectivity index (χ0) is 19.3. The molecule has 1 aromatic heterocycles. The number of hydrogen-bond acceptors (Lipinski definition) is 4. The van der Waals surface area contributed by atoms with Crippen molar-refractivity contribution in [1.29, 1.82) is 0 Å². The average molecular weight is 381 g/mol. The van der Waals surface area contributed by atoms with Gasteiger partial charge in [-0.1, -0.05) is 18.2 Å². The first kappa shape index (κ1) is 18.2. The number of nitrogens with one attached hydrogen (secondary N) is 2. The molecule has 2 heterocycles. The van der Waals surface area contributed by atoms with Crippen LogP contribution in [0.15, 0.2) is 47.3 Å². The lowest BCUT2D eigenvalue weighted by atomic mass is 10.1. The molecule has 7 nitrogen and oxygen atoms in total. The lowest BCUT2D eigenvalue weighted by molar-refractivity contribution is -0.121. The number of carbonyl (C=O) groups excluding carboxylic acids is 1. The average Bonchev–Trinajstić information content (AvgIpc) is 3.03. The summed E-state index contributed by atoms with van der Waals surface area (Å²) in [6.45, 7) is 2.01. The van der Waals surface area contributed by atoms with Crippen molar-refractivity contribution in [1.82, 2.24) is 14.9 Å². The van der Waals surface area contributed by atoms with Crippen LogP contribution in [-0.4, -0.2) is 35.2 Å². The van der Waals surface area contributed by atoms with Gasteiger partial charge in [-0.25, -0.2) is 4.79 Å². The molecule has 0 saturated heterocycles. The molecule has 146 valence electrons. The van der Waals surface area contributed by atoms with Crippen LogP contribution < -0.4 is 20.5 Å². The summed E-state index contributed by atoms with van der Waals surface area (Å²) in [6, 6.07) is 13.4. The maximum atomic E-state index is 12.1. The number of rotatable bonds is 7. The van der Waals surface area contributed by atoms with Gasteiger partial charge in [-0.15, -0.1) is 0 Å². The molecule has 0 aliphatic carbocycles. The van der Waals surface area contributed by atoms with Gasteiger partial charge in [0.05, 0.1) is 11.0 Å². The summed E-state index contributed by atoms with van der Waals surface area (Å²) in [5.41, 5.74) is 2.62. The highest BCUT2D eigenvalue weighted by atomic mass is 16.6. The molecule has 0 saturated carbocycles. The molecule has 1 aliphatic rings. The highest BCUT2D eigenvalue weighted by molar-refractivity contribution is 5.76. The Bertz CT molecular complexity index is 1040. The molecule has 0 atom stereocenters. The summed E-state index contributed by atoms with van der Waals surface area (Å²) >= 11 is 0. The third-order valence-electron chi connectivity index (χ3n) is 4.82. The fourth-order valence-electron chi connectivity index (χ4n) is 3.42. The van der Waals surface area contributed by atoms with Gasteiger partial charge < -0.3 is 19.8 Å². The standard InChI is InChI=1S/C21H23N3O4/c25-20(7-3-4-15-8-9-18-19(14-15)28-13-12-27-18)22-10-11-24-17-6-2-1-5-16(17)23-21(24)26/h1-2,5-6,8-9,14H,3-4,7,10-13H2,(H,22,25)(H,23,26). The van der Waals surface area contributed by atoms with Gasteiger partial charge in [0.15, 0.2) is 11.5 Å². The summed E-state index contributed by atoms with van der Waals surface area (Å²) < 4.78 is 12.7. The van der Waals surface area contributed by atoms with E-state index in [0.717, 1.165) is 40.9 Å². The van der Waals surface area contributed by atoms with Crippen LogP contribution in [0.25, 0.3) is 11.0 Å². The highest BCUT2D eigenvalue weighted by Crippen LogP contribution is 2.31. The normalized spacial score (nSPS) is 12.9. The summed E-state index contributed by atoms with van der Waals surface area (Å²) in [4.78, 5) is 26.9. The minimum atomic E-state index is -0.158. The van der Waals surface area contributed by atoms with Crippen molar-refractivity contribution in [2.75, 3.05) is 19.8 Å². The van der Waals surface area contributed by atoms with Crippen molar-refractivity contribution in [3.05, 3.63) is 58.5 Å². The molecule has 1 aliphatic heterocycles. The maximum absolute atomic E-state index is 12.1. The molecule has 0 fully saturated rings. The van der Waals surface area contributed by atoms with Crippen LogP contribution in [-0.2, 0) is 17.8 Å². The molecule has 2 N–H and O–H groups in total. The lowest BCUT2D eigenvalue weighted by Gasteiger charge is -2.18. The van der Waals surface area contributed by atoms with Crippen molar-refractivity contribution < 1.29 is 14.3 Å². The Morgan fingerprint density at radius 2 is 1.93 bits per heavy atom. The number of imidazole rings is 1. The fraction of sp³-hybridized carbons (Fsp3) is 0.333. The summed E-state index contributed by atoms with van der Waals surface area (Å²) in [5.74, 6) is 1.54. The van der Waals surface area contributed by atoms with E-state index >= 15 is 0 Å². The summed E-state index contributed by atoms with van der Waals surface area (Å²) in [6.07, 6.45) is 1.99. The van der Waals surface area contributed by atoms with E-state index in [1.54, 1.807) is 4.57 Å². The number of nitrogens with zero attached hydrogens (tertiary/aromatic N) is 1. The minimum absolute atomic E-state index is 0.00886. The Labute approximate surface area is 162 Å². The molecular formula is C21H23N3O4. The SMILES string of the molecule is O=C(CCCc1ccc2c(c1)OCCO2)NCCn1c(=O)[nH]c2ccccc21. The Balaban J connectivity index is 1.23. The van der Waals surface area contributed by atoms with Crippen LogP contribution in [0.3, 0.4) is 0 Å². The maximum Gasteiger partial charge on any atom is 0.326 e. The van der Waals surface area contributed by atoms with Gasteiger partial charge in [-0.2, -0.15) is 0 Å². The van der Waals surface area contributed by atoms with E-state index in [-0.39, 0.29) is 11.6 Å². The predicted molar refractivity (Wildman–Crippen MR) is 106 cm³/mol. The quantitative estimate of drug-likeness (QED) is 0.657. The van der Waals surface area contributed by atoms with Crippen LogP contribution >= 0.6 is 0 Å². The third-order valence-corrected chi connectivity index (χ3v) is 4.82. The zero-order valence-electron chi connectivity index (χ0n) is 15.6. The molecule has 0 bridgehead atoms. The molecule has 3 aromatic rings. The van der Waals surface area contributed by atoms with Crippen molar-refractivity contribution in [3.63, 3.8) is 0 Å². The molecule has 7 heteroatoms. The van der Waals surface area contributed by atoms with Crippen LogP contribution in [0, 0.1) is 0 Å². The monoisotopic (exact) mass is 381 g/mol. The van der Waals surface area contributed by atoms with E-state index in [1.165, 1.54) is 0 Å². The first-order valence-electron chi connectivity index (χ1n) is 9.53. The second kappa shape index (κ2) is 8.21. The largest absolute Gasteiger partial charge is 0.486 e. The third kappa shape index (κ3) is 4.03. The Morgan fingerprint density at radius 1 is 1.11 bits per heavy atom. The Kier molecular flexibility index (Phi) is 5.32. The number of para-hydroxylation sites is 2. The zero-order valence-corrected chi connectivity index (χ0v) is 15.6. The van der Waals surface area contributed by atoms with Gasteiger partial charge in [0.1, 0.15) is 13.2 Å². The van der Waals surface area contributed by atoms with Crippen LogP contribution in [0.4, 0.5) is 0 Å². The lowest BCUT2D eigenvalue weighted by Crippen LogP contribution is -2.29. The van der Waals surface area contributed by atoms with Crippen molar-refractivity contribution in [2.45, 2.75) is 25.8 Å².